The second-order valence-corrected chi connectivity index (χ2v) is 6.28. The maximum Gasteiger partial charge on any atom is 0.326 e. The van der Waals surface area contributed by atoms with Gasteiger partial charge in [0.05, 0.1) is 0 Å². The molecule has 0 spiro atoms. The second-order valence-electron chi connectivity index (χ2n) is 6.28. The summed E-state index contributed by atoms with van der Waals surface area (Å²) in [4.78, 5) is 14.3. The number of fused-ring (bicyclic) bond motifs is 1. The van der Waals surface area contributed by atoms with Crippen LogP contribution in [0.4, 0.5) is 5.69 Å². The van der Waals surface area contributed by atoms with E-state index in [0.29, 0.717) is 6.54 Å². The monoisotopic (exact) mass is 288 g/mol. The van der Waals surface area contributed by atoms with E-state index in [4.69, 9.17) is 0 Å². The number of carbonyl (C=O) groups is 1. The van der Waals surface area contributed by atoms with Gasteiger partial charge < -0.3 is 15.3 Å². The predicted octanol–water partition coefficient (Wildman–Crippen LogP) is 2.28. The lowest BCUT2D eigenvalue weighted by Crippen LogP contribution is -2.61. The Morgan fingerprint density at radius 3 is 2.86 bits per heavy atom. The molecule has 1 aliphatic carbocycles. The maximum absolute atomic E-state index is 12.0. The van der Waals surface area contributed by atoms with Crippen LogP contribution < -0.4 is 10.2 Å². The molecule has 2 N–H and O–H groups in total. The van der Waals surface area contributed by atoms with E-state index in [1.807, 2.05) is 6.07 Å². The molecule has 21 heavy (non-hydrogen) atoms. The highest BCUT2D eigenvalue weighted by Gasteiger charge is 2.52. The van der Waals surface area contributed by atoms with E-state index in [1.165, 1.54) is 11.3 Å². The van der Waals surface area contributed by atoms with Crippen LogP contribution in [0.25, 0.3) is 0 Å². The molecule has 4 heteroatoms. The molecule has 1 aromatic carbocycles. The number of benzene rings is 1. The fraction of sp³-hybridized carbons (Fsp3) is 0.588. The van der Waals surface area contributed by atoms with Gasteiger partial charge in [0.2, 0.25) is 0 Å². The first kappa shape index (κ1) is 14.4. The van der Waals surface area contributed by atoms with Crippen LogP contribution in [0.2, 0.25) is 0 Å². The molecule has 1 heterocycles. The summed E-state index contributed by atoms with van der Waals surface area (Å²) in [5, 5.41) is 13.2. The van der Waals surface area contributed by atoms with Gasteiger partial charge in [-0.1, -0.05) is 25.1 Å². The third kappa shape index (κ3) is 2.64. The summed E-state index contributed by atoms with van der Waals surface area (Å²) < 4.78 is 0. The van der Waals surface area contributed by atoms with Crippen LogP contribution in [-0.4, -0.2) is 36.2 Å². The van der Waals surface area contributed by atoms with Crippen molar-refractivity contribution in [3.8, 4) is 0 Å². The number of carboxylic acid groups (broad SMARTS) is 1. The van der Waals surface area contributed by atoms with Crippen molar-refractivity contribution < 1.29 is 9.90 Å². The average Bonchev–Trinajstić information content (AvgIpc) is 3.26. The minimum atomic E-state index is -0.784. The molecule has 1 unspecified atom stereocenters. The van der Waals surface area contributed by atoms with Crippen molar-refractivity contribution >= 4 is 11.7 Å². The number of anilines is 1. The summed E-state index contributed by atoms with van der Waals surface area (Å²) >= 11 is 0. The van der Waals surface area contributed by atoms with E-state index < -0.39 is 11.5 Å². The number of hydrogen-bond donors (Lipinski definition) is 2. The fourth-order valence-electron chi connectivity index (χ4n) is 3.44. The van der Waals surface area contributed by atoms with Gasteiger partial charge in [0.15, 0.2) is 0 Å². The molecule has 1 fully saturated rings. The summed E-state index contributed by atoms with van der Waals surface area (Å²) in [5.41, 5.74) is 1.76. The first-order chi connectivity index (χ1) is 10.2. The molecular formula is C17H24N2O2. The van der Waals surface area contributed by atoms with Crippen molar-refractivity contribution in [3.05, 3.63) is 29.8 Å². The molecule has 0 amide bonds. The van der Waals surface area contributed by atoms with Gasteiger partial charge in [0.1, 0.15) is 5.54 Å². The summed E-state index contributed by atoms with van der Waals surface area (Å²) in [6.45, 7) is 4.34. The first-order valence-electron chi connectivity index (χ1n) is 7.98. The Balaban J connectivity index is 1.83. The molecule has 2 aliphatic rings. The Bertz CT molecular complexity index is 527. The van der Waals surface area contributed by atoms with E-state index >= 15 is 0 Å². The third-order valence-electron chi connectivity index (χ3n) is 4.77. The van der Waals surface area contributed by atoms with Crippen molar-refractivity contribution in [1.82, 2.24) is 5.32 Å². The SMILES string of the molecule is CCCNC(CN1CCc2ccccc21)(C(=O)O)C1CC1. The van der Waals surface area contributed by atoms with Gasteiger partial charge in [-0.2, -0.15) is 0 Å². The van der Waals surface area contributed by atoms with Crippen molar-refractivity contribution in [2.45, 2.75) is 38.1 Å². The largest absolute Gasteiger partial charge is 0.480 e. The number of para-hydroxylation sites is 1. The fourth-order valence-corrected chi connectivity index (χ4v) is 3.44. The first-order valence-corrected chi connectivity index (χ1v) is 7.98. The Hall–Kier alpha value is -1.55. The second kappa shape index (κ2) is 5.68. The average molecular weight is 288 g/mol. The van der Waals surface area contributed by atoms with E-state index in [0.717, 1.165) is 38.8 Å². The Labute approximate surface area is 126 Å². The van der Waals surface area contributed by atoms with E-state index in [2.05, 4.69) is 35.3 Å². The molecule has 1 saturated carbocycles. The van der Waals surface area contributed by atoms with Crippen molar-refractivity contribution in [1.29, 1.82) is 0 Å². The zero-order valence-electron chi connectivity index (χ0n) is 12.6. The van der Waals surface area contributed by atoms with E-state index in [9.17, 15) is 9.90 Å². The van der Waals surface area contributed by atoms with Crippen molar-refractivity contribution in [3.63, 3.8) is 0 Å². The number of nitrogens with one attached hydrogen (secondary N) is 1. The zero-order chi connectivity index (χ0) is 14.9. The Kier molecular flexibility index (Phi) is 3.89. The van der Waals surface area contributed by atoms with Crippen molar-refractivity contribution in [2.24, 2.45) is 5.92 Å². The molecule has 0 aromatic heterocycles. The van der Waals surface area contributed by atoms with Crippen LogP contribution in [0.1, 0.15) is 31.7 Å². The number of carboxylic acids is 1. The minimum Gasteiger partial charge on any atom is -0.480 e. The molecule has 3 rings (SSSR count). The van der Waals surface area contributed by atoms with Crippen LogP contribution in [0.5, 0.6) is 0 Å². The summed E-state index contributed by atoms with van der Waals surface area (Å²) in [6.07, 6.45) is 4.03. The van der Waals surface area contributed by atoms with E-state index in [1.54, 1.807) is 0 Å². The number of rotatable bonds is 7. The lowest BCUT2D eigenvalue weighted by Gasteiger charge is -2.36. The highest BCUT2D eigenvalue weighted by atomic mass is 16.4. The lowest BCUT2D eigenvalue weighted by atomic mass is 9.92. The minimum absolute atomic E-state index is 0.273. The summed E-state index contributed by atoms with van der Waals surface area (Å²) in [7, 11) is 0. The molecule has 1 aliphatic heterocycles. The highest BCUT2D eigenvalue weighted by molar-refractivity contribution is 5.81. The summed E-state index contributed by atoms with van der Waals surface area (Å²) in [5.74, 6) is -0.419. The van der Waals surface area contributed by atoms with E-state index in [-0.39, 0.29) is 5.92 Å². The quantitative estimate of drug-likeness (QED) is 0.808. The van der Waals surface area contributed by atoms with Crippen LogP contribution in [0.3, 0.4) is 0 Å². The number of aliphatic carboxylic acids is 1. The maximum atomic E-state index is 12.0. The Morgan fingerprint density at radius 2 is 2.19 bits per heavy atom. The molecule has 4 nitrogen and oxygen atoms in total. The molecule has 114 valence electrons. The topological polar surface area (TPSA) is 52.6 Å². The normalized spacial score (nSPS) is 20.1. The molecule has 0 bridgehead atoms. The van der Waals surface area contributed by atoms with Gasteiger partial charge in [-0.05, 0) is 49.8 Å². The predicted molar refractivity (Wildman–Crippen MR) is 83.7 cm³/mol. The van der Waals surface area contributed by atoms with Crippen LogP contribution in [0.15, 0.2) is 24.3 Å². The van der Waals surface area contributed by atoms with Gasteiger partial charge in [-0.3, -0.25) is 4.79 Å². The highest BCUT2D eigenvalue weighted by Crippen LogP contribution is 2.42. The van der Waals surface area contributed by atoms with Gasteiger partial charge in [0.25, 0.3) is 0 Å². The third-order valence-corrected chi connectivity index (χ3v) is 4.77. The molecular weight excluding hydrogens is 264 g/mol. The van der Waals surface area contributed by atoms with Crippen molar-refractivity contribution in [2.75, 3.05) is 24.5 Å². The van der Waals surface area contributed by atoms with Crippen LogP contribution >= 0.6 is 0 Å². The standard InChI is InChI=1S/C17H24N2O2/c1-2-10-18-17(16(20)21,14-7-8-14)12-19-11-9-13-5-3-4-6-15(13)19/h3-6,14,18H,2,7-12H2,1H3,(H,20,21). The molecule has 0 radical (unpaired) electrons. The van der Waals surface area contributed by atoms with Gasteiger partial charge in [-0.25, -0.2) is 0 Å². The number of hydrogen-bond acceptors (Lipinski definition) is 3. The van der Waals surface area contributed by atoms with Crippen LogP contribution in [-0.2, 0) is 11.2 Å². The summed E-state index contributed by atoms with van der Waals surface area (Å²) in [6, 6.07) is 8.36. The van der Waals surface area contributed by atoms with Gasteiger partial charge in [0, 0.05) is 18.8 Å². The smallest absolute Gasteiger partial charge is 0.326 e. The number of nitrogens with zero attached hydrogens (tertiary/aromatic N) is 1. The van der Waals surface area contributed by atoms with Gasteiger partial charge in [-0.15, -0.1) is 0 Å². The molecule has 1 aromatic rings. The zero-order valence-corrected chi connectivity index (χ0v) is 12.6. The molecule has 1 atom stereocenters. The van der Waals surface area contributed by atoms with Crippen LogP contribution in [0, 0.1) is 5.92 Å². The Morgan fingerprint density at radius 1 is 1.43 bits per heavy atom. The molecule has 0 saturated heterocycles. The lowest BCUT2D eigenvalue weighted by molar-refractivity contribution is -0.145. The van der Waals surface area contributed by atoms with Gasteiger partial charge >= 0.3 is 5.97 Å².